The molecule has 0 aliphatic carbocycles. The molecule has 0 bridgehead atoms. The monoisotopic (exact) mass is 371 g/mol. The second-order valence-corrected chi connectivity index (χ2v) is 7.80. The first-order valence-corrected chi connectivity index (χ1v) is 10.1. The van der Waals surface area contributed by atoms with Crippen LogP contribution in [0, 0.1) is 0 Å². The van der Waals surface area contributed by atoms with E-state index in [2.05, 4.69) is 50.4 Å². The summed E-state index contributed by atoms with van der Waals surface area (Å²) in [5, 5.41) is 3.66. The number of hydrogen-bond acceptors (Lipinski definition) is 3. The van der Waals surface area contributed by atoms with Gasteiger partial charge in [0.1, 0.15) is 6.54 Å². The third kappa shape index (κ3) is 5.96. The summed E-state index contributed by atoms with van der Waals surface area (Å²) in [5.74, 6) is 0.968. The molecule has 6 nitrogen and oxygen atoms in total. The number of likely N-dealkylation sites (tertiary alicyclic amines) is 2. The maximum atomic E-state index is 11.9. The first kappa shape index (κ1) is 19.7. The minimum absolute atomic E-state index is 0.0474. The highest BCUT2D eigenvalue weighted by molar-refractivity contribution is 5.85. The highest BCUT2D eigenvalue weighted by atomic mass is 16.2. The number of rotatable bonds is 5. The standard InChI is InChI=1S/C21H33N5O/c1-24(2)20(27)16-22-21(26-12-6-7-13-26)23-19-10-14-25(15-11-19)17-18-8-4-3-5-9-18/h3-5,8-9,19H,6-7,10-17H2,1-2H3,(H,22,23). The van der Waals surface area contributed by atoms with E-state index >= 15 is 0 Å². The van der Waals surface area contributed by atoms with Crippen LogP contribution < -0.4 is 5.32 Å². The third-order valence-electron chi connectivity index (χ3n) is 5.44. The van der Waals surface area contributed by atoms with Gasteiger partial charge in [0.05, 0.1) is 0 Å². The topological polar surface area (TPSA) is 51.2 Å². The Kier molecular flexibility index (Phi) is 7.10. The third-order valence-corrected chi connectivity index (χ3v) is 5.44. The minimum atomic E-state index is 0.0474. The van der Waals surface area contributed by atoms with Crippen molar-refractivity contribution in [3.63, 3.8) is 0 Å². The molecule has 1 aromatic carbocycles. The number of benzene rings is 1. The summed E-state index contributed by atoms with van der Waals surface area (Å²) in [4.78, 5) is 23.0. The number of nitrogens with zero attached hydrogens (tertiary/aromatic N) is 4. The molecule has 2 aliphatic rings. The van der Waals surface area contributed by atoms with E-state index in [-0.39, 0.29) is 12.5 Å². The van der Waals surface area contributed by atoms with Crippen LogP contribution in [0.1, 0.15) is 31.2 Å². The van der Waals surface area contributed by atoms with Gasteiger partial charge in [-0.05, 0) is 31.2 Å². The van der Waals surface area contributed by atoms with E-state index in [0.717, 1.165) is 51.5 Å². The van der Waals surface area contributed by atoms with E-state index in [1.807, 2.05) is 0 Å². The van der Waals surface area contributed by atoms with Crippen molar-refractivity contribution >= 4 is 11.9 Å². The minimum Gasteiger partial charge on any atom is -0.353 e. The van der Waals surface area contributed by atoms with Crippen molar-refractivity contribution in [2.24, 2.45) is 4.99 Å². The van der Waals surface area contributed by atoms with E-state index in [4.69, 9.17) is 0 Å². The molecule has 3 rings (SSSR count). The van der Waals surface area contributed by atoms with Crippen molar-refractivity contribution < 1.29 is 4.79 Å². The first-order chi connectivity index (χ1) is 13.1. The Morgan fingerprint density at radius 2 is 1.78 bits per heavy atom. The lowest BCUT2D eigenvalue weighted by Gasteiger charge is -2.34. The molecular formula is C21H33N5O. The Morgan fingerprint density at radius 1 is 1.11 bits per heavy atom. The summed E-state index contributed by atoms with van der Waals surface area (Å²) in [6.07, 6.45) is 4.64. The summed E-state index contributed by atoms with van der Waals surface area (Å²) in [7, 11) is 3.56. The van der Waals surface area contributed by atoms with Crippen LogP contribution in [0.2, 0.25) is 0 Å². The zero-order chi connectivity index (χ0) is 19.1. The quantitative estimate of drug-likeness (QED) is 0.633. The Hall–Kier alpha value is -2.08. The molecule has 0 atom stereocenters. The lowest BCUT2D eigenvalue weighted by molar-refractivity contribution is -0.127. The normalized spacial score (nSPS) is 19.3. The van der Waals surface area contributed by atoms with Gasteiger partial charge in [-0.15, -0.1) is 0 Å². The van der Waals surface area contributed by atoms with Crippen LogP contribution in [0.25, 0.3) is 0 Å². The van der Waals surface area contributed by atoms with Crippen molar-refractivity contribution in [2.45, 2.75) is 38.3 Å². The SMILES string of the molecule is CN(C)C(=O)CN=C(NC1CCN(Cc2ccccc2)CC1)N1CCCC1. The van der Waals surface area contributed by atoms with E-state index in [0.29, 0.717) is 6.04 Å². The number of aliphatic imine (C=N–C) groups is 1. The molecule has 6 heteroatoms. The number of carbonyl (C=O) groups is 1. The van der Waals surface area contributed by atoms with E-state index in [9.17, 15) is 4.79 Å². The number of likely N-dealkylation sites (N-methyl/N-ethyl adjacent to an activating group) is 1. The predicted octanol–water partition coefficient (Wildman–Crippen LogP) is 1.78. The highest BCUT2D eigenvalue weighted by Gasteiger charge is 2.23. The number of carbonyl (C=O) groups excluding carboxylic acids is 1. The number of hydrogen-bond donors (Lipinski definition) is 1. The molecule has 2 aliphatic heterocycles. The van der Waals surface area contributed by atoms with E-state index in [1.54, 1.807) is 19.0 Å². The van der Waals surface area contributed by atoms with E-state index in [1.165, 1.54) is 18.4 Å². The molecule has 0 spiro atoms. The number of nitrogens with one attached hydrogen (secondary N) is 1. The molecule has 2 fully saturated rings. The zero-order valence-electron chi connectivity index (χ0n) is 16.7. The van der Waals surface area contributed by atoms with Crippen molar-refractivity contribution in [3.05, 3.63) is 35.9 Å². The Morgan fingerprint density at radius 3 is 2.41 bits per heavy atom. The van der Waals surface area contributed by atoms with Crippen molar-refractivity contribution in [3.8, 4) is 0 Å². The van der Waals surface area contributed by atoms with Gasteiger partial charge in [-0.25, -0.2) is 4.99 Å². The fourth-order valence-electron chi connectivity index (χ4n) is 3.71. The molecule has 0 radical (unpaired) electrons. The maximum absolute atomic E-state index is 11.9. The van der Waals surface area contributed by atoms with Crippen molar-refractivity contribution in [1.82, 2.24) is 20.0 Å². The summed E-state index contributed by atoms with van der Waals surface area (Å²) >= 11 is 0. The fraction of sp³-hybridized carbons (Fsp3) is 0.619. The number of piperidine rings is 1. The largest absolute Gasteiger partial charge is 0.353 e. The van der Waals surface area contributed by atoms with Gasteiger partial charge in [0.2, 0.25) is 5.91 Å². The molecule has 0 saturated carbocycles. The van der Waals surface area contributed by atoms with Gasteiger partial charge in [-0.3, -0.25) is 9.69 Å². The van der Waals surface area contributed by atoms with Gasteiger partial charge in [0.15, 0.2) is 5.96 Å². The molecule has 2 heterocycles. The smallest absolute Gasteiger partial charge is 0.243 e. The van der Waals surface area contributed by atoms with Gasteiger partial charge in [-0.2, -0.15) is 0 Å². The Bertz CT molecular complexity index is 617. The second kappa shape index (κ2) is 9.74. The molecule has 0 unspecified atom stereocenters. The average Bonchev–Trinajstić information content (AvgIpc) is 3.21. The van der Waals surface area contributed by atoms with Crippen LogP contribution in [0.15, 0.2) is 35.3 Å². The average molecular weight is 372 g/mol. The van der Waals surface area contributed by atoms with E-state index < -0.39 is 0 Å². The summed E-state index contributed by atoms with van der Waals surface area (Å²) < 4.78 is 0. The van der Waals surface area contributed by atoms with Crippen LogP contribution in [-0.2, 0) is 11.3 Å². The molecule has 1 N–H and O–H groups in total. The van der Waals surface area contributed by atoms with Crippen molar-refractivity contribution in [2.75, 3.05) is 46.8 Å². The molecule has 1 aromatic rings. The maximum Gasteiger partial charge on any atom is 0.243 e. The Labute approximate surface area is 163 Å². The summed E-state index contributed by atoms with van der Waals surface area (Å²) in [6.45, 7) is 5.51. The molecule has 27 heavy (non-hydrogen) atoms. The molecule has 1 amide bonds. The van der Waals surface area contributed by atoms with Crippen LogP contribution in [0.3, 0.4) is 0 Å². The van der Waals surface area contributed by atoms with Gasteiger partial charge < -0.3 is 15.1 Å². The van der Waals surface area contributed by atoms with Gasteiger partial charge in [0.25, 0.3) is 0 Å². The highest BCUT2D eigenvalue weighted by Crippen LogP contribution is 2.15. The predicted molar refractivity (Wildman–Crippen MR) is 110 cm³/mol. The van der Waals surface area contributed by atoms with Gasteiger partial charge in [-0.1, -0.05) is 30.3 Å². The molecule has 2 saturated heterocycles. The lowest BCUT2D eigenvalue weighted by Crippen LogP contribution is -2.49. The molecular weight excluding hydrogens is 338 g/mol. The van der Waals surface area contributed by atoms with Crippen LogP contribution in [0.5, 0.6) is 0 Å². The van der Waals surface area contributed by atoms with Gasteiger partial charge in [0, 0.05) is 52.9 Å². The van der Waals surface area contributed by atoms with Crippen LogP contribution >= 0.6 is 0 Å². The fourth-order valence-corrected chi connectivity index (χ4v) is 3.71. The molecule has 0 aromatic heterocycles. The van der Waals surface area contributed by atoms with Crippen molar-refractivity contribution in [1.29, 1.82) is 0 Å². The molecule has 148 valence electrons. The van der Waals surface area contributed by atoms with Crippen LogP contribution in [-0.4, -0.2) is 79.4 Å². The zero-order valence-corrected chi connectivity index (χ0v) is 16.7. The first-order valence-electron chi connectivity index (χ1n) is 10.1. The number of amides is 1. The second-order valence-electron chi connectivity index (χ2n) is 7.80. The summed E-state index contributed by atoms with van der Waals surface area (Å²) in [5.41, 5.74) is 1.38. The summed E-state index contributed by atoms with van der Waals surface area (Å²) in [6, 6.07) is 11.1. The lowest BCUT2D eigenvalue weighted by atomic mass is 10.0. The number of guanidine groups is 1. The van der Waals surface area contributed by atoms with Crippen LogP contribution in [0.4, 0.5) is 0 Å². The van der Waals surface area contributed by atoms with Gasteiger partial charge >= 0.3 is 0 Å². The Balaban J connectivity index is 1.52.